The molecule has 0 saturated heterocycles. The van der Waals surface area contributed by atoms with Crippen LogP contribution in [0.4, 0.5) is 4.39 Å². The van der Waals surface area contributed by atoms with Crippen LogP contribution in [-0.4, -0.2) is 11.6 Å². The van der Waals surface area contributed by atoms with Gasteiger partial charge in [-0.25, -0.2) is 4.39 Å². The van der Waals surface area contributed by atoms with Crippen molar-refractivity contribution in [3.05, 3.63) is 35.1 Å². The molecule has 0 aliphatic carbocycles. The number of hydrogen-bond acceptors (Lipinski definition) is 2. The molecule has 0 bridgehead atoms. The summed E-state index contributed by atoms with van der Waals surface area (Å²) in [6.45, 7) is 2.96. The lowest BCUT2D eigenvalue weighted by Crippen LogP contribution is -2.05. The van der Waals surface area contributed by atoms with Gasteiger partial charge in [-0.3, -0.25) is 9.59 Å². The average Bonchev–Trinajstić information content (AvgIpc) is 2.08. The first kappa shape index (κ1) is 10.6. The van der Waals surface area contributed by atoms with Gasteiger partial charge in [0.25, 0.3) is 0 Å². The summed E-state index contributed by atoms with van der Waals surface area (Å²) in [6, 6.07) is 4.23. The fourth-order valence-corrected chi connectivity index (χ4v) is 1.09. The second-order valence-electron chi connectivity index (χ2n) is 3.27. The molecule has 0 radical (unpaired) electrons. The number of carbonyl (C=O) groups is 2. The van der Waals surface area contributed by atoms with Crippen molar-refractivity contribution >= 4 is 11.6 Å². The van der Waals surface area contributed by atoms with Gasteiger partial charge in [0.15, 0.2) is 5.78 Å². The van der Waals surface area contributed by atoms with E-state index in [-0.39, 0.29) is 23.6 Å². The highest BCUT2D eigenvalue weighted by atomic mass is 19.1. The zero-order valence-corrected chi connectivity index (χ0v) is 8.13. The normalized spacial score (nSPS) is 9.93. The number of halogens is 1. The molecular formula is C11H11FO2. The van der Waals surface area contributed by atoms with E-state index in [0.29, 0.717) is 5.56 Å². The van der Waals surface area contributed by atoms with E-state index in [1.807, 2.05) is 0 Å². The summed E-state index contributed by atoms with van der Waals surface area (Å²) >= 11 is 0. The fourth-order valence-electron chi connectivity index (χ4n) is 1.09. The molecule has 2 nitrogen and oxygen atoms in total. The molecule has 0 amide bonds. The monoisotopic (exact) mass is 194 g/mol. The van der Waals surface area contributed by atoms with E-state index in [9.17, 15) is 14.0 Å². The lowest BCUT2D eigenvalue weighted by molar-refractivity contribution is -0.116. The highest BCUT2D eigenvalue weighted by Crippen LogP contribution is 2.11. The summed E-state index contributed by atoms with van der Waals surface area (Å²) in [7, 11) is 0. The van der Waals surface area contributed by atoms with Gasteiger partial charge in [0, 0.05) is 5.56 Å². The lowest BCUT2D eigenvalue weighted by Gasteiger charge is -2.00. The van der Waals surface area contributed by atoms with E-state index in [4.69, 9.17) is 0 Å². The van der Waals surface area contributed by atoms with E-state index >= 15 is 0 Å². The van der Waals surface area contributed by atoms with Gasteiger partial charge in [-0.05, 0) is 25.5 Å². The molecule has 0 aromatic heterocycles. The van der Waals surface area contributed by atoms with Crippen LogP contribution in [-0.2, 0) is 4.79 Å². The summed E-state index contributed by atoms with van der Waals surface area (Å²) < 4.78 is 13.0. The zero-order chi connectivity index (χ0) is 10.7. The van der Waals surface area contributed by atoms with Crippen LogP contribution < -0.4 is 0 Å². The minimum absolute atomic E-state index is 0.164. The van der Waals surface area contributed by atoms with Crippen LogP contribution >= 0.6 is 0 Å². The molecule has 74 valence electrons. The van der Waals surface area contributed by atoms with Gasteiger partial charge < -0.3 is 0 Å². The van der Waals surface area contributed by atoms with Crippen LogP contribution in [0.15, 0.2) is 18.2 Å². The highest BCUT2D eigenvalue weighted by Gasteiger charge is 2.09. The predicted molar refractivity (Wildman–Crippen MR) is 50.8 cm³/mol. The number of benzene rings is 1. The van der Waals surface area contributed by atoms with Crippen molar-refractivity contribution in [2.45, 2.75) is 20.3 Å². The van der Waals surface area contributed by atoms with Gasteiger partial charge in [0.05, 0.1) is 6.42 Å². The maximum Gasteiger partial charge on any atom is 0.170 e. The Morgan fingerprint density at radius 2 is 2.00 bits per heavy atom. The Kier molecular flexibility index (Phi) is 3.12. The van der Waals surface area contributed by atoms with Crippen molar-refractivity contribution in [1.82, 2.24) is 0 Å². The Bertz CT molecular complexity index is 383. The molecule has 0 unspecified atom stereocenters. The maximum atomic E-state index is 13.0. The van der Waals surface area contributed by atoms with Gasteiger partial charge in [-0.15, -0.1) is 0 Å². The number of aryl methyl sites for hydroxylation is 1. The van der Waals surface area contributed by atoms with Crippen molar-refractivity contribution in [2.24, 2.45) is 0 Å². The minimum atomic E-state index is -0.417. The summed E-state index contributed by atoms with van der Waals surface area (Å²) in [6.07, 6.45) is -0.164. The SMILES string of the molecule is CC(=O)CC(=O)c1ccc(C)c(F)c1. The molecule has 14 heavy (non-hydrogen) atoms. The molecule has 1 rings (SSSR count). The van der Waals surface area contributed by atoms with Crippen molar-refractivity contribution in [3.63, 3.8) is 0 Å². The second-order valence-corrected chi connectivity index (χ2v) is 3.27. The van der Waals surface area contributed by atoms with E-state index in [1.54, 1.807) is 6.92 Å². The quantitative estimate of drug-likeness (QED) is 0.546. The molecule has 1 aromatic carbocycles. The van der Waals surface area contributed by atoms with Crippen molar-refractivity contribution < 1.29 is 14.0 Å². The molecule has 0 fully saturated rings. The molecule has 3 heteroatoms. The van der Waals surface area contributed by atoms with Crippen LogP contribution in [0, 0.1) is 12.7 Å². The lowest BCUT2D eigenvalue weighted by atomic mass is 10.0. The maximum absolute atomic E-state index is 13.0. The molecule has 0 saturated carbocycles. The molecule has 0 spiro atoms. The number of Topliss-reactive ketones (excluding diaryl/α,β-unsaturated/α-hetero) is 2. The van der Waals surface area contributed by atoms with Gasteiger partial charge in [-0.2, -0.15) is 0 Å². The molecular weight excluding hydrogens is 183 g/mol. The van der Waals surface area contributed by atoms with Crippen molar-refractivity contribution in [3.8, 4) is 0 Å². The van der Waals surface area contributed by atoms with Crippen LogP contribution in [0.2, 0.25) is 0 Å². The van der Waals surface area contributed by atoms with Gasteiger partial charge in [-0.1, -0.05) is 12.1 Å². The third kappa shape index (κ3) is 2.49. The molecule has 0 aliphatic rings. The smallest absolute Gasteiger partial charge is 0.170 e. The predicted octanol–water partition coefficient (Wildman–Crippen LogP) is 2.30. The first-order chi connectivity index (χ1) is 6.50. The fraction of sp³-hybridized carbons (Fsp3) is 0.273. The van der Waals surface area contributed by atoms with Gasteiger partial charge in [0.1, 0.15) is 11.6 Å². The van der Waals surface area contributed by atoms with E-state index in [1.165, 1.54) is 25.1 Å². The Balaban J connectivity index is 2.91. The highest BCUT2D eigenvalue weighted by molar-refractivity contribution is 6.07. The minimum Gasteiger partial charge on any atom is -0.300 e. The number of rotatable bonds is 3. The van der Waals surface area contributed by atoms with E-state index < -0.39 is 5.82 Å². The Morgan fingerprint density at radius 1 is 1.36 bits per heavy atom. The van der Waals surface area contributed by atoms with E-state index in [2.05, 4.69) is 0 Å². The first-order valence-corrected chi connectivity index (χ1v) is 4.29. The molecule has 0 atom stereocenters. The molecule has 1 aromatic rings. The number of carbonyl (C=O) groups excluding carboxylic acids is 2. The molecule has 0 N–H and O–H groups in total. The van der Waals surface area contributed by atoms with Crippen LogP contribution in [0.5, 0.6) is 0 Å². The zero-order valence-electron chi connectivity index (χ0n) is 8.13. The van der Waals surface area contributed by atoms with Crippen LogP contribution in [0.3, 0.4) is 0 Å². The third-order valence-corrected chi connectivity index (χ3v) is 1.90. The van der Waals surface area contributed by atoms with Crippen molar-refractivity contribution in [2.75, 3.05) is 0 Å². The summed E-state index contributed by atoms with van der Waals surface area (Å²) in [4.78, 5) is 22.0. The first-order valence-electron chi connectivity index (χ1n) is 4.29. The van der Waals surface area contributed by atoms with Crippen LogP contribution in [0.1, 0.15) is 29.3 Å². The van der Waals surface area contributed by atoms with Crippen molar-refractivity contribution in [1.29, 1.82) is 0 Å². The van der Waals surface area contributed by atoms with Gasteiger partial charge >= 0.3 is 0 Å². The molecule has 0 heterocycles. The van der Waals surface area contributed by atoms with Gasteiger partial charge in [0.2, 0.25) is 0 Å². The second kappa shape index (κ2) is 4.13. The third-order valence-electron chi connectivity index (χ3n) is 1.90. The average molecular weight is 194 g/mol. The van der Waals surface area contributed by atoms with E-state index in [0.717, 1.165) is 0 Å². The Labute approximate surface area is 81.7 Å². The Morgan fingerprint density at radius 3 is 2.50 bits per heavy atom. The summed E-state index contributed by atoms with van der Waals surface area (Å²) in [5, 5.41) is 0. The number of ketones is 2. The topological polar surface area (TPSA) is 34.1 Å². The standard InChI is InChI=1S/C11H11FO2/c1-7-3-4-9(6-10(7)12)11(14)5-8(2)13/h3-4,6H,5H2,1-2H3. The summed E-state index contributed by atoms with van der Waals surface area (Å²) in [5.74, 6) is -0.966. The Hall–Kier alpha value is -1.51. The summed E-state index contributed by atoms with van der Waals surface area (Å²) in [5.41, 5.74) is 0.743. The number of hydrogen-bond donors (Lipinski definition) is 0. The van der Waals surface area contributed by atoms with Crippen LogP contribution in [0.25, 0.3) is 0 Å². The largest absolute Gasteiger partial charge is 0.300 e. The molecule has 0 aliphatic heterocycles.